The van der Waals surface area contributed by atoms with E-state index in [-0.39, 0.29) is 11.7 Å². The Labute approximate surface area is 162 Å². The van der Waals surface area contributed by atoms with Gasteiger partial charge < -0.3 is 13.6 Å². The average molecular weight is 388 g/mol. The van der Waals surface area contributed by atoms with E-state index < -0.39 is 0 Å². The van der Waals surface area contributed by atoms with E-state index in [1.54, 1.807) is 12.3 Å². The second-order valence-electron chi connectivity index (χ2n) is 7.07. The van der Waals surface area contributed by atoms with Gasteiger partial charge in [-0.3, -0.25) is 4.90 Å². The van der Waals surface area contributed by atoms with Crippen molar-refractivity contribution in [1.29, 1.82) is 0 Å². The lowest BCUT2D eigenvalue weighted by atomic mass is 10.1. The van der Waals surface area contributed by atoms with Crippen molar-refractivity contribution in [2.24, 2.45) is 0 Å². The zero-order valence-corrected chi connectivity index (χ0v) is 16.0. The van der Waals surface area contributed by atoms with Crippen molar-refractivity contribution < 1.29 is 13.6 Å². The summed E-state index contributed by atoms with van der Waals surface area (Å²) in [5, 5.41) is 1.52. The molecule has 1 atom stereocenters. The van der Waals surface area contributed by atoms with Crippen LogP contribution in [-0.4, -0.2) is 24.2 Å². The second-order valence-corrected chi connectivity index (χ2v) is 7.48. The first-order valence-corrected chi connectivity index (χ1v) is 9.55. The zero-order chi connectivity index (χ0) is 18.8. The number of fused-ring (bicyclic) bond motifs is 1. The zero-order valence-electron chi connectivity index (χ0n) is 15.2. The van der Waals surface area contributed by atoms with Crippen LogP contribution in [0.4, 0.5) is 0 Å². The van der Waals surface area contributed by atoms with Gasteiger partial charge >= 0.3 is 5.63 Å². The first-order chi connectivity index (χ1) is 13.1. The van der Waals surface area contributed by atoms with Crippen molar-refractivity contribution in [3.63, 3.8) is 0 Å². The molecular formula is C21H22ClNO4. The molecule has 142 valence electrons. The largest absolute Gasteiger partial charge is 0.468 e. The molecular weight excluding hydrogens is 366 g/mol. The molecule has 1 aliphatic rings. The summed E-state index contributed by atoms with van der Waals surface area (Å²) in [7, 11) is 0. The number of rotatable bonds is 6. The molecule has 1 aromatic carbocycles. The number of hydrogen-bond acceptors (Lipinski definition) is 5. The summed E-state index contributed by atoms with van der Waals surface area (Å²) >= 11 is 6.32. The van der Waals surface area contributed by atoms with Gasteiger partial charge in [-0.1, -0.05) is 11.6 Å². The summed E-state index contributed by atoms with van der Waals surface area (Å²) in [6, 6.07) is 9.09. The molecule has 0 spiro atoms. The Morgan fingerprint density at radius 1 is 1.26 bits per heavy atom. The van der Waals surface area contributed by atoms with Gasteiger partial charge in [-0.2, -0.15) is 0 Å². The number of nitrogens with zero attached hydrogens (tertiary/aromatic N) is 1. The first-order valence-electron chi connectivity index (χ1n) is 9.18. The van der Waals surface area contributed by atoms with Crippen molar-refractivity contribution in [1.82, 2.24) is 4.90 Å². The number of aryl methyl sites for hydroxylation is 1. The Bertz CT molecular complexity index is 974. The third-order valence-corrected chi connectivity index (χ3v) is 5.36. The van der Waals surface area contributed by atoms with E-state index in [1.807, 2.05) is 31.2 Å². The number of halogens is 1. The molecule has 2 aromatic heterocycles. The third kappa shape index (κ3) is 4.26. The first kappa shape index (κ1) is 18.3. The fourth-order valence-corrected chi connectivity index (χ4v) is 3.77. The summed E-state index contributed by atoms with van der Waals surface area (Å²) in [5.41, 5.74) is 1.99. The quantitative estimate of drug-likeness (QED) is 0.581. The molecule has 1 aliphatic heterocycles. The molecule has 0 aliphatic carbocycles. The SMILES string of the molecule is Cc1cc2oc(=O)cc(CN(Cc3ccco3)CC3CCCO3)c2cc1Cl. The highest BCUT2D eigenvalue weighted by Crippen LogP contribution is 2.27. The number of furan rings is 1. The van der Waals surface area contributed by atoms with E-state index in [0.717, 1.165) is 48.3 Å². The summed E-state index contributed by atoms with van der Waals surface area (Å²) in [4.78, 5) is 14.3. The fourth-order valence-electron chi connectivity index (χ4n) is 3.60. The molecule has 6 heteroatoms. The van der Waals surface area contributed by atoms with E-state index >= 15 is 0 Å². The molecule has 0 radical (unpaired) electrons. The summed E-state index contributed by atoms with van der Waals surface area (Å²) in [5.74, 6) is 0.883. The number of hydrogen-bond donors (Lipinski definition) is 0. The predicted molar refractivity (Wildman–Crippen MR) is 104 cm³/mol. The van der Waals surface area contributed by atoms with Gasteiger partial charge in [0.1, 0.15) is 11.3 Å². The highest BCUT2D eigenvalue weighted by molar-refractivity contribution is 6.32. The lowest BCUT2D eigenvalue weighted by molar-refractivity contribution is 0.0656. The Kier molecular flexibility index (Phi) is 5.34. The van der Waals surface area contributed by atoms with Gasteiger partial charge in [-0.25, -0.2) is 4.79 Å². The maximum absolute atomic E-state index is 12.1. The van der Waals surface area contributed by atoms with Gasteiger partial charge in [0.2, 0.25) is 0 Å². The van der Waals surface area contributed by atoms with Crippen LogP contribution >= 0.6 is 11.6 Å². The Morgan fingerprint density at radius 2 is 2.15 bits per heavy atom. The van der Waals surface area contributed by atoms with Crippen LogP contribution in [-0.2, 0) is 17.8 Å². The molecule has 0 N–H and O–H groups in total. The Hall–Kier alpha value is -2.08. The molecule has 0 amide bonds. The Morgan fingerprint density at radius 3 is 2.89 bits per heavy atom. The van der Waals surface area contributed by atoms with Gasteiger partial charge in [-0.15, -0.1) is 0 Å². The molecule has 3 heterocycles. The molecule has 1 fully saturated rings. The lowest BCUT2D eigenvalue weighted by Gasteiger charge is -2.25. The smallest absolute Gasteiger partial charge is 0.336 e. The van der Waals surface area contributed by atoms with Crippen molar-refractivity contribution in [3.05, 3.63) is 68.9 Å². The summed E-state index contributed by atoms with van der Waals surface area (Å²) in [6.07, 6.45) is 4.02. The Balaban J connectivity index is 1.66. The van der Waals surface area contributed by atoms with Crippen LogP contribution in [0.3, 0.4) is 0 Å². The summed E-state index contributed by atoms with van der Waals surface area (Å²) in [6.45, 7) is 4.72. The predicted octanol–water partition coefficient (Wildman–Crippen LogP) is 4.53. The molecule has 3 aromatic rings. The van der Waals surface area contributed by atoms with Gasteiger partial charge in [0, 0.05) is 36.2 Å². The van der Waals surface area contributed by atoms with Crippen molar-refractivity contribution >= 4 is 22.6 Å². The highest BCUT2D eigenvalue weighted by atomic mass is 35.5. The molecule has 5 nitrogen and oxygen atoms in total. The van der Waals surface area contributed by atoms with Crippen molar-refractivity contribution in [3.8, 4) is 0 Å². The van der Waals surface area contributed by atoms with Crippen LogP contribution < -0.4 is 5.63 Å². The van der Waals surface area contributed by atoms with Crippen LogP contribution in [0.5, 0.6) is 0 Å². The van der Waals surface area contributed by atoms with Gasteiger partial charge in [-0.05, 0) is 55.2 Å². The molecule has 4 rings (SSSR count). The minimum absolute atomic E-state index is 0.206. The van der Waals surface area contributed by atoms with Crippen molar-refractivity contribution in [2.45, 2.75) is 39.0 Å². The van der Waals surface area contributed by atoms with Crippen molar-refractivity contribution in [2.75, 3.05) is 13.2 Å². The minimum atomic E-state index is -0.353. The highest BCUT2D eigenvalue weighted by Gasteiger charge is 2.21. The van der Waals surface area contributed by atoms with Gasteiger partial charge in [0.05, 0.1) is 18.9 Å². The maximum atomic E-state index is 12.1. The van der Waals surface area contributed by atoms with Crippen LogP contribution in [0.1, 0.15) is 29.7 Å². The van der Waals surface area contributed by atoms with Gasteiger partial charge in [0.15, 0.2) is 0 Å². The normalized spacial score (nSPS) is 17.2. The van der Waals surface area contributed by atoms with Crippen LogP contribution in [0.15, 0.2) is 50.2 Å². The van der Waals surface area contributed by atoms with E-state index in [2.05, 4.69) is 4.90 Å². The van der Waals surface area contributed by atoms with E-state index in [1.165, 1.54) is 0 Å². The molecule has 0 bridgehead atoms. The average Bonchev–Trinajstić information content (AvgIpc) is 3.30. The van der Waals surface area contributed by atoms with Crippen LogP contribution in [0.2, 0.25) is 5.02 Å². The topological polar surface area (TPSA) is 55.8 Å². The molecule has 1 saturated heterocycles. The van der Waals surface area contributed by atoms with E-state index in [0.29, 0.717) is 23.7 Å². The van der Waals surface area contributed by atoms with E-state index in [9.17, 15) is 4.79 Å². The van der Waals surface area contributed by atoms with Crippen LogP contribution in [0.25, 0.3) is 11.0 Å². The lowest BCUT2D eigenvalue weighted by Crippen LogP contribution is -2.31. The molecule has 27 heavy (non-hydrogen) atoms. The summed E-state index contributed by atoms with van der Waals surface area (Å²) < 4.78 is 16.7. The van der Waals surface area contributed by atoms with Gasteiger partial charge in [0.25, 0.3) is 0 Å². The van der Waals surface area contributed by atoms with E-state index in [4.69, 9.17) is 25.2 Å². The molecule has 1 unspecified atom stereocenters. The second kappa shape index (κ2) is 7.89. The monoisotopic (exact) mass is 387 g/mol. The maximum Gasteiger partial charge on any atom is 0.336 e. The minimum Gasteiger partial charge on any atom is -0.468 e. The molecule has 0 saturated carbocycles. The standard InChI is InChI=1S/C21H22ClNO4/c1-14-8-20-18(10-19(14)22)15(9-21(24)27-20)11-23(12-16-4-2-6-25-16)13-17-5-3-7-26-17/h2,4,6,8-10,17H,3,5,7,11-13H2,1H3. The number of ether oxygens (including phenoxy) is 1. The third-order valence-electron chi connectivity index (χ3n) is 4.95. The number of benzene rings is 1. The fraction of sp³-hybridized carbons (Fsp3) is 0.381. The van der Waals surface area contributed by atoms with Crippen LogP contribution in [0, 0.1) is 6.92 Å².